The molecule has 1 rings (SSSR count). The molecule has 0 fully saturated rings. The van der Waals surface area contributed by atoms with Gasteiger partial charge in [-0.3, -0.25) is 5.32 Å². The molecular formula is C17H24Cl3NO3. The molecular weight excluding hydrogens is 373 g/mol. The van der Waals surface area contributed by atoms with Crippen molar-refractivity contribution >= 4 is 46.6 Å². The van der Waals surface area contributed by atoms with Crippen molar-refractivity contribution in [3.63, 3.8) is 0 Å². The van der Waals surface area contributed by atoms with Gasteiger partial charge in [0, 0.05) is 5.69 Å². The van der Waals surface area contributed by atoms with Gasteiger partial charge in [-0.1, -0.05) is 73.8 Å². The average molecular weight is 397 g/mol. The fraction of sp³-hybridized carbons (Fsp3) is 0.588. The van der Waals surface area contributed by atoms with Crippen molar-refractivity contribution in [1.29, 1.82) is 0 Å². The van der Waals surface area contributed by atoms with Gasteiger partial charge in [0.2, 0.25) is 3.79 Å². The molecule has 0 aromatic heterocycles. The number of alkyl halides is 3. The molecule has 0 aliphatic rings. The summed E-state index contributed by atoms with van der Waals surface area (Å²) in [6.45, 7) is 2.59. The molecule has 136 valence electrons. The zero-order valence-corrected chi connectivity index (χ0v) is 16.1. The van der Waals surface area contributed by atoms with Gasteiger partial charge in [-0.2, -0.15) is 0 Å². The Morgan fingerprint density at radius 1 is 1.04 bits per heavy atom. The number of nitrogens with one attached hydrogen (secondary N) is 1. The number of rotatable bonds is 10. The maximum Gasteiger partial charge on any atom is 0.411 e. The molecule has 0 heterocycles. The Labute approximate surface area is 158 Å². The summed E-state index contributed by atoms with van der Waals surface area (Å²) in [5.74, 6) is 0.767. The number of halogens is 3. The maximum absolute atomic E-state index is 11.5. The Morgan fingerprint density at radius 2 is 1.67 bits per heavy atom. The van der Waals surface area contributed by atoms with Crippen molar-refractivity contribution in [2.45, 2.75) is 49.2 Å². The summed E-state index contributed by atoms with van der Waals surface area (Å²) in [5.41, 5.74) is 0.580. The lowest BCUT2D eigenvalue weighted by atomic mass is 10.1. The monoisotopic (exact) mass is 395 g/mol. The van der Waals surface area contributed by atoms with Crippen molar-refractivity contribution in [3.05, 3.63) is 24.3 Å². The zero-order valence-electron chi connectivity index (χ0n) is 13.8. The molecule has 0 aliphatic carbocycles. The van der Waals surface area contributed by atoms with E-state index >= 15 is 0 Å². The van der Waals surface area contributed by atoms with E-state index in [1.165, 1.54) is 32.1 Å². The number of carbonyl (C=O) groups is 1. The zero-order chi connectivity index (χ0) is 17.8. The fourth-order valence-electron chi connectivity index (χ4n) is 2.01. The topological polar surface area (TPSA) is 47.6 Å². The second-order valence-corrected chi connectivity index (χ2v) is 7.97. The highest BCUT2D eigenvalue weighted by Gasteiger charge is 2.22. The highest BCUT2D eigenvalue weighted by molar-refractivity contribution is 6.67. The fourth-order valence-corrected chi connectivity index (χ4v) is 2.17. The van der Waals surface area contributed by atoms with Gasteiger partial charge in [0.25, 0.3) is 0 Å². The van der Waals surface area contributed by atoms with Crippen LogP contribution < -0.4 is 10.1 Å². The standard InChI is InChI=1S/C17H24Cl3NO3/c1-2-3-4-5-6-7-12-23-15-10-8-14(9-11-15)21-16(22)24-13-17(18,19)20/h8-11H,2-7,12-13H2,1H3,(H,21,22). The molecule has 1 aromatic rings. The lowest BCUT2D eigenvalue weighted by molar-refractivity contribution is 0.164. The summed E-state index contributed by atoms with van der Waals surface area (Å²) in [6.07, 6.45) is 6.68. The van der Waals surface area contributed by atoms with Gasteiger partial charge in [-0.15, -0.1) is 0 Å². The highest BCUT2D eigenvalue weighted by Crippen LogP contribution is 2.26. The Bertz CT molecular complexity index is 475. The van der Waals surface area contributed by atoms with Crippen LogP contribution in [-0.2, 0) is 4.74 Å². The molecule has 0 saturated carbocycles. The van der Waals surface area contributed by atoms with Gasteiger partial charge >= 0.3 is 6.09 Å². The van der Waals surface area contributed by atoms with Crippen LogP contribution in [0.2, 0.25) is 0 Å². The molecule has 7 heteroatoms. The molecule has 4 nitrogen and oxygen atoms in total. The number of carbonyl (C=O) groups excluding carboxylic acids is 1. The van der Waals surface area contributed by atoms with E-state index in [1.54, 1.807) is 24.3 Å². The molecule has 0 bridgehead atoms. The number of hydrogen-bond acceptors (Lipinski definition) is 3. The van der Waals surface area contributed by atoms with Crippen LogP contribution in [0, 0.1) is 0 Å². The molecule has 0 unspecified atom stereocenters. The number of unbranched alkanes of at least 4 members (excludes halogenated alkanes) is 5. The summed E-state index contributed by atoms with van der Waals surface area (Å²) in [5, 5.41) is 2.55. The van der Waals surface area contributed by atoms with Crippen LogP contribution in [-0.4, -0.2) is 23.1 Å². The largest absolute Gasteiger partial charge is 0.494 e. The number of ether oxygens (including phenoxy) is 2. The van der Waals surface area contributed by atoms with Crippen molar-refractivity contribution in [1.82, 2.24) is 0 Å². The molecule has 0 atom stereocenters. The number of benzene rings is 1. The molecule has 1 N–H and O–H groups in total. The molecule has 0 radical (unpaired) electrons. The van der Waals surface area contributed by atoms with Crippen LogP contribution in [0.4, 0.5) is 10.5 Å². The third-order valence-corrected chi connectivity index (χ3v) is 3.56. The third kappa shape index (κ3) is 10.8. The first kappa shape index (κ1) is 21.2. The van der Waals surface area contributed by atoms with Crippen LogP contribution >= 0.6 is 34.8 Å². The summed E-state index contributed by atoms with van der Waals surface area (Å²) >= 11 is 16.5. The molecule has 1 amide bonds. The Morgan fingerprint density at radius 3 is 2.29 bits per heavy atom. The van der Waals surface area contributed by atoms with Crippen LogP contribution in [0.15, 0.2) is 24.3 Å². The van der Waals surface area contributed by atoms with Gasteiger partial charge in [0.15, 0.2) is 0 Å². The molecule has 0 saturated heterocycles. The van der Waals surface area contributed by atoms with E-state index < -0.39 is 9.89 Å². The van der Waals surface area contributed by atoms with E-state index in [2.05, 4.69) is 12.2 Å². The second-order valence-electron chi connectivity index (χ2n) is 5.46. The third-order valence-electron chi connectivity index (χ3n) is 3.23. The van der Waals surface area contributed by atoms with Crippen molar-refractivity contribution < 1.29 is 14.3 Å². The van der Waals surface area contributed by atoms with E-state index in [0.29, 0.717) is 12.3 Å². The normalized spacial score (nSPS) is 11.2. The van der Waals surface area contributed by atoms with E-state index in [1.807, 2.05) is 0 Å². The number of hydrogen-bond donors (Lipinski definition) is 1. The van der Waals surface area contributed by atoms with Crippen molar-refractivity contribution in [2.75, 3.05) is 18.5 Å². The maximum atomic E-state index is 11.5. The van der Waals surface area contributed by atoms with Gasteiger partial charge in [-0.25, -0.2) is 4.79 Å². The van der Waals surface area contributed by atoms with Gasteiger partial charge < -0.3 is 9.47 Å². The smallest absolute Gasteiger partial charge is 0.411 e. The predicted molar refractivity (Wildman–Crippen MR) is 101 cm³/mol. The van der Waals surface area contributed by atoms with Crippen LogP contribution in [0.25, 0.3) is 0 Å². The van der Waals surface area contributed by atoms with Gasteiger partial charge in [-0.05, 0) is 30.7 Å². The first-order valence-electron chi connectivity index (χ1n) is 8.14. The lowest BCUT2D eigenvalue weighted by Gasteiger charge is -2.12. The summed E-state index contributed by atoms with van der Waals surface area (Å²) in [4.78, 5) is 11.5. The van der Waals surface area contributed by atoms with E-state index in [9.17, 15) is 4.79 Å². The Hall–Kier alpha value is -0.840. The SMILES string of the molecule is CCCCCCCCOc1ccc(NC(=O)OCC(Cl)(Cl)Cl)cc1. The second kappa shape index (κ2) is 11.7. The van der Waals surface area contributed by atoms with E-state index in [0.717, 1.165) is 12.2 Å². The van der Waals surface area contributed by atoms with E-state index in [4.69, 9.17) is 44.3 Å². The average Bonchev–Trinajstić information content (AvgIpc) is 2.53. The Kier molecular flexibility index (Phi) is 10.3. The minimum Gasteiger partial charge on any atom is -0.494 e. The number of anilines is 1. The minimum atomic E-state index is -1.62. The molecule has 0 aliphatic heterocycles. The van der Waals surface area contributed by atoms with Crippen LogP contribution in [0.5, 0.6) is 5.75 Å². The molecule has 0 spiro atoms. The van der Waals surface area contributed by atoms with E-state index in [-0.39, 0.29) is 6.61 Å². The highest BCUT2D eigenvalue weighted by atomic mass is 35.6. The summed E-state index contributed by atoms with van der Waals surface area (Å²) < 4.78 is 8.83. The van der Waals surface area contributed by atoms with Crippen molar-refractivity contribution in [2.24, 2.45) is 0 Å². The first-order valence-corrected chi connectivity index (χ1v) is 9.27. The minimum absolute atomic E-state index is 0.317. The number of amides is 1. The van der Waals surface area contributed by atoms with Crippen molar-refractivity contribution in [3.8, 4) is 5.75 Å². The van der Waals surface area contributed by atoms with Gasteiger partial charge in [0.1, 0.15) is 12.4 Å². The van der Waals surface area contributed by atoms with Crippen LogP contribution in [0.3, 0.4) is 0 Å². The lowest BCUT2D eigenvalue weighted by Crippen LogP contribution is -2.21. The quantitative estimate of drug-likeness (QED) is 0.370. The Balaban J connectivity index is 2.22. The van der Waals surface area contributed by atoms with Gasteiger partial charge in [0.05, 0.1) is 6.61 Å². The van der Waals surface area contributed by atoms with Crippen LogP contribution in [0.1, 0.15) is 45.4 Å². The first-order chi connectivity index (χ1) is 11.4. The predicted octanol–water partition coefficient (Wildman–Crippen LogP) is 6.34. The molecule has 1 aromatic carbocycles. The summed E-state index contributed by atoms with van der Waals surface area (Å²) in [6, 6.07) is 7.05. The summed E-state index contributed by atoms with van der Waals surface area (Å²) in [7, 11) is 0. The molecule has 24 heavy (non-hydrogen) atoms.